The Bertz CT molecular complexity index is 269. The van der Waals surface area contributed by atoms with E-state index in [1.165, 1.54) is 4.90 Å². The predicted molar refractivity (Wildman–Crippen MR) is 58.0 cm³/mol. The molecule has 0 radical (unpaired) electrons. The van der Waals surface area contributed by atoms with Gasteiger partial charge in [0.2, 0.25) is 0 Å². The topological polar surface area (TPSA) is 20.2 Å². The minimum atomic E-state index is -0.398. The van der Waals surface area contributed by atoms with E-state index in [1.807, 2.05) is 37.3 Å². The molecule has 2 heteroatoms. The van der Waals surface area contributed by atoms with Crippen molar-refractivity contribution in [2.24, 2.45) is 0 Å². The summed E-state index contributed by atoms with van der Waals surface area (Å²) in [5, 5.41) is 9.47. The van der Waals surface area contributed by atoms with Gasteiger partial charge in [0, 0.05) is 10.6 Å². The third-order valence-corrected chi connectivity index (χ3v) is 2.81. The van der Waals surface area contributed by atoms with Crippen molar-refractivity contribution in [3.63, 3.8) is 0 Å². The minimum Gasteiger partial charge on any atom is -0.388 e. The van der Waals surface area contributed by atoms with Crippen molar-refractivity contribution in [1.82, 2.24) is 0 Å². The molecule has 1 N–H and O–H groups in total. The SMILES string of the molecule is C=C(C)[C@@H](O)CSc1ccccc1. The molecule has 1 rings (SSSR count). The van der Waals surface area contributed by atoms with Crippen LogP contribution < -0.4 is 0 Å². The Balaban J connectivity index is 2.39. The average molecular weight is 194 g/mol. The number of hydrogen-bond acceptors (Lipinski definition) is 2. The maximum absolute atomic E-state index is 9.47. The zero-order valence-electron chi connectivity index (χ0n) is 7.73. The van der Waals surface area contributed by atoms with Gasteiger partial charge in [-0.25, -0.2) is 0 Å². The van der Waals surface area contributed by atoms with Gasteiger partial charge in [-0.3, -0.25) is 0 Å². The second-order valence-electron chi connectivity index (χ2n) is 2.99. The van der Waals surface area contributed by atoms with Crippen molar-refractivity contribution >= 4 is 11.8 Å². The molecule has 0 aliphatic carbocycles. The van der Waals surface area contributed by atoms with Crippen LogP contribution in [0.15, 0.2) is 47.4 Å². The lowest BCUT2D eigenvalue weighted by Crippen LogP contribution is -2.09. The van der Waals surface area contributed by atoms with Gasteiger partial charge in [-0.2, -0.15) is 0 Å². The number of aliphatic hydroxyl groups excluding tert-OH is 1. The predicted octanol–water partition coefficient (Wildman–Crippen LogP) is 2.72. The highest BCUT2D eigenvalue weighted by atomic mass is 32.2. The fraction of sp³-hybridized carbons (Fsp3) is 0.273. The molecule has 0 amide bonds. The van der Waals surface area contributed by atoms with Gasteiger partial charge in [0.15, 0.2) is 0 Å². The first kappa shape index (κ1) is 10.4. The first-order valence-corrected chi connectivity index (χ1v) is 5.20. The van der Waals surface area contributed by atoms with E-state index in [0.29, 0.717) is 5.75 Å². The molecule has 0 aliphatic rings. The van der Waals surface area contributed by atoms with Crippen molar-refractivity contribution in [3.8, 4) is 0 Å². The number of thioether (sulfide) groups is 1. The third-order valence-electron chi connectivity index (χ3n) is 1.72. The summed E-state index contributed by atoms with van der Waals surface area (Å²) in [6.45, 7) is 5.55. The fourth-order valence-corrected chi connectivity index (χ4v) is 1.82. The van der Waals surface area contributed by atoms with Crippen LogP contribution in [0.4, 0.5) is 0 Å². The lowest BCUT2D eigenvalue weighted by atomic mass is 10.2. The molecule has 1 atom stereocenters. The van der Waals surface area contributed by atoms with E-state index < -0.39 is 6.10 Å². The van der Waals surface area contributed by atoms with Gasteiger partial charge >= 0.3 is 0 Å². The Morgan fingerprint density at radius 1 is 1.46 bits per heavy atom. The molecule has 0 aliphatic heterocycles. The van der Waals surface area contributed by atoms with Crippen LogP contribution in [-0.4, -0.2) is 17.0 Å². The molecule has 0 saturated carbocycles. The molecule has 0 bridgehead atoms. The standard InChI is InChI=1S/C11H14OS/c1-9(2)11(12)8-13-10-6-4-3-5-7-10/h3-7,11-12H,1,8H2,2H3/t11-/m0/s1. The molecular formula is C11H14OS. The fourth-order valence-electron chi connectivity index (χ4n) is 0.834. The molecule has 0 fully saturated rings. The van der Waals surface area contributed by atoms with Gasteiger partial charge < -0.3 is 5.11 Å². The van der Waals surface area contributed by atoms with Crippen LogP contribution in [0.1, 0.15) is 6.92 Å². The summed E-state index contributed by atoms with van der Waals surface area (Å²) in [6, 6.07) is 10.1. The molecule has 0 saturated heterocycles. The third kappa shape index (κ3) is 3.66. The summed E-state index contributed by atoms with van der Waals surface area (Å²) < 4.78 is 0. The molecule has 0 unspecified atom stereocenters. The quantitative estimate of drug-likeness (QED) is 0.587. The molecule has 0 aromatic heterocycles. The summed E-state index contributed by atoms with van der Waals surface area (Å²) in [4.78, 5) is 1.18. The normalized spacial score (nSPS) is 12.5. The van der Waals surface area contributed by atoms with E-state index in [1.54, 1.807) is 11.8 Å². The van der Waals surface area contributed by atoms with E-state index in [4.69, 9.17) is 0 Å². The average Bonchev–Trinajstić information content (AvgIpc) is 2.15. The Morgan fingerprint density at radius 3 is 2.62 bits per heavy atom. The van der Waals surface area contributed by atoms with Crippen LogP contribution in [0.25, 0.3) is 0 Å². The second-order valence-corrected chi connectivity index (χ2v) is 4.08. The zero-order valence-corrected chi connectivity index (χ0v) is 8.55. The van der Waals surface area contributed by atoms with E-state index >= 15 is 0 Å². The maximum atomic E-state index is 9.47. The Labute approximate surface area is 83.5 Å². The lowest BCUT2D eigenvalue weighted by molar-refractivity contribution is 0.236. The van der Waals surface area contributed by atoms with Crippen molar-refractivity contribution in [2.45, 2.75) is 17.9 Å². The lowest BCUT2D eigenvalue weighted by Gasteiger charge is -2.08. The first-order chi connectivity index (χ1) is 6.20. The number of benzene rings is 1. The van der Waals surface area contributed by atoms with Crippen LogP contribution in [0.5, 0.6) is 0 Å². The summed E-state index contributed by atoms with van der Waals surface area (Å²) >= 11 is 1.65. The Kier molecular flexibility index (Phi) is 4.06. The molecular weight excluding hydrogens is 180 g/mol. The summed E-state index contributed by atoms with van der Waals surface area (Å²) in [5.41, 5.74) is 0.823. The van der Waals surface area contributed by atoms with Crippen molar-refractivity contribution < 1.29 is 5.11 Å². The van der Waals surface area contributed by atoms with E-state index in [2.05, 4.69) is 6.58 Å². The second kappa shape index (κ2) is 5.10. The summed E-state index contributed by atoms with van der Waals surface area (Å²) in [5.74, 6) is 0.680. The van der Waals surface area contributed by atoms with Gasteiger partial charge in [-0.05, 0) is 19.1 Å². The molecule has 70 valence electrons. The monoisotopic (exact) mass is 194 g/mol. The minimum absolute atomic E-state index is 0.398. The number of hydrogen-bond donors (Lipinski definition) is 1. The van der Waals surface area contributed by atoms with Crippen LogP contribution in [0.3, 0.4) is 0 Å². The number of aliphatic hydroxyl groups is 1. The highest BCUT2D eigenvalue weighted by Crippen LogP contribution is 2.19. The van der Waals surface area contributed by atoms with Gasteiger partial charge in [0.25, 0.3) is 0 Å². The summed E-state index contributed by atoms with van der Waals surface area (Å²) in [6.07, 6.45) is -0.398. The zero-order chi connectivity index (χ0) is 9.68. The van der Waals surface area contributed by atoms with Crippen molar-refractivity contribution in [3.05, 3.63) is 42.5 Å². The Morgan fingerprint density at radius 2 is 2.08 bits per heavy atom. The van der Waals surface area contributed by atoms with Gasteiger partial charge in [-0.15, -0.1) is 11.8 Å². The van der Waals surface area contributed by atoms with E-state index in [0.717, 1.165) is 5.57 Å². The largest absolute Gasteiger partial charge is 0.388 e. The van der Waals surface area contributed by atoms with E-state index in [9.17, 15) is 5.11 Å². The van der Waals surface area contributed by atoms with Crippen LogP contribution >= 0.6 is 11.8 Å². The van der Waals surface area contributed by atoms with Crippen molar-refractivity contribution in [1.29, 1.82) is 0 Å². The van der Waals surface area contributed by atoms with E-state index in [-0.39, 0.29) is 0 Å². The van der Waals surface area contributed by atoms with Gasteiger partial charge in [0.1, 0.15) is 0 Å². The molecule has 13 heavy (non-hydrogen) atoms. The van der Waals surface area contributed by atoms with Crippen LogP contribution in [0, 0.1) is 0 Å². The molecule has 0 heterocycles. The van der Waals surface area contributed by atoms with Crippen LogP contribution in [0.2, 0.25) is 0 Å². The van der Waals surface area contributed by atoms with Crippen LogP contribution in [-0.2, 0) is 0 Å². The maximum Gasteiger partial charge on any atom is 0.0838 e. The number of rotatable bonds is 4. The highest BCUT2D eigenvalue weighted by molar-refractivity contribution is 7.99. The summed E-state index contributed by atoms with van der Waals surface area (Å²) in [7, 11) is 0. The molecule has 0 spiro atoms. The van der Waals surface area contributed by atoms with Crippen molar-refractivity contribution in [2.75, 3.05) is 5.75 Å². The van der Waals surface area contributed by atoms with Gasteiger partial charge in [-0.1, -0.05) is 30.4 Å². The molecule has 1 nitrogen and oxygen atoms in total. The highest BCUT2D eigenvalue weighted by Gasteiger charge is 2.04. The Hall–Kier alpha value is -0.730. The molecule has 1 aromatic rings. The first-order valence-electron chi connectivity index (χ1n) is 4.21. The smallest absolute Gasteiger partial charge is 0.0838 e. The van der Waals surface area contributed by atoms with Gasteiger partial charge in [0.05, 0.1) is 6.10 Å². The molecule has 1 aromatic carbocycles.